The molecule has 1 aliphatic heterocycles. The summed E-state index contributed by atoms with van der Waals surface area (Å²) >= 11 is 0. The van der Waals surface area contributed by atoms with Crippen molar-refractivity contribution in [3.8, 4) is 0 Å². The number of fused-ring (bicyclic) bond motifs is 1. The molecule has 0 radical (unpaired) electrons. The van der Waals surface area contributed by atoms with Gasteiger partial charge < -0.3 is 15.4 Å². The van der Waals surface area contributed by atoms with E-state index in [1.807, 2.05) is 24.3 Å². The smallest absolute Gasteiger partial charge is 0.320 e. The highest BCUT2D eigenvalue weighted by Gasteiger charge is 2.20. The van der Waals surface area contributed by atoms with E-state index in [1.165, 1.54) is 0 Å². The molecule has 0 spiro atoms. The number of hydrogen-bond acceptors (Lipinski definition) is 3. The predicted molar refractivity (Wildman–Crippen MR) is 64.8 cm³/mol. The number of aromatic nitrogens is 2. The Labute approximate surface area is 98.9 Å². The summed E-state index contributed by atoms with van der Waals surface area (Å²) in [6.45, 7) is 0.858. The van der Waals surface area contributed by atoms with Crippen LogP contribution in [0.5, 0.6) is 0 Å². The van der Waals surface area contributed by atoms with Crippen LogP contribution in [0.2, 0.25) is 0 Å². The van der Waals surface area contributed by atoms with Crippen LogP contribution in [0, 0.1) is 0 Å². The molecule has 1 fully saturated rings. The molecule has 17 heavy (non-hydrogen) atoms. The van der Waals surface area contributed by atoms with E-state index in [0.29, 0.717) is 0 Å². The monoisotopic (exact) mass is 233 g/mol. The van der Waals surface area contributed by atoms with Crippen molar-refractivity contribution in [1.82, 2.24) is 15.3 Å². The molecule has 5 heteroatoms. The second-order valence-electron chi connectivity index (χ2n) is 3.91. The second kappa shape index (κ2) is 5.45. The topological polar surface area (TPSA) is 78.0 Å². The van der Waals surface area contributed by atoms with Gasteiger partial charge in [-0.05, 0) is 31.5 Å². The van der Waals surface area contributed by atoms with Gasteiger partial charge in [-0.1, -0.05) is 12.1 Å². The van der Waals surface area contributed by atoms with Gasteiger partial charge in [-0.3, -0.25) is 4.79 Å². The Morgan fingerprint density at radius 3 is 2.82 bits per heavy atom. The number of para-hydroxylation sites is 2. The van der Waals surface area contributed by atoms with Crippen LogP contribution in [-0.2, 0) is 4.79 Å². The van der Waals surface area contributed by atoms with E-state index in [-0.39, 0.29) is 6.04 Å². The Morgan fingerprint density at radius 2 is 2.24 bits per heavy atom. The zero-order valence-electron chi connectivity index (χ0n) is 9.39. The molecule has 1 atom stereocenters. The highest BCUT2D eigenvalue weighted by Crippen LogP contribution is 2.05. The van der Waals surface area contributed by atoms with E-state index in [1.54, 1.807) is 6.33 Å². The van der Waals surface area contributed by atoms with Crippen molar-refractivity contribution in [1.29, 1.82) is 0 Å². The summed E-state index contributed by atoms with van der Waals surface area (Å²) in [7, 11) is 0. The first-order chi connectivity index (χ1) is 8.27. The van der Waals surface area contributed by atoms with Gasteiger partial charge in [-0.15, -0.1) is 0 Å². The summed E-state index contributed by atoms with van der Waals surface area (Å²) in [6, 6.07) is 7.67. The Morgan fingerprint density at radius 1 is 1.41 bits per heavy atom. The number of nitrogens with zero attached hydrogens (tertiary/aromatic N) is 1. The van der Waals surface area contributed by atoms with Gasteiger partial charge in [0, 0.05) is 0 Å². The Hall–Kier alpha value is -1.88. The molecule has 1 aromatic carbocycles. The molecular weight excluding hydrogens is 218 g/mol. The Bertz CT molecular complexity index is 459. The molecule has 90 valence electrons. The first-order valence-electron chi connectivity index (χ1n) is 5.61. The average molecular weight is 233 g/mol. The zero-order chi connectivity index (χ0) is 12.1. The van der Waals surface area contributed by atoms with Crippen LogP contribution in [0.15, 0.2) is 30.6 Å². The summed E-state index contributed by atoms with van der Waals surface area (Å²) in [4.78, 5) is 17.2. The predicted octanol–water partition coefficient (Wildman–Crippen LogP) is 1.39. The van der Waals surface area contributed by atoms with Crippen LogP contribution in [0.3, 0.4) is 0 Å². The largest absolute Gasteiger partial charge is 0.480 e. The Kier molecular flexibility index (Phi) is 3.72. The number of benzene rings is 1. The molecule has 1 unspecified atom stereocenters. The number of hydrogen-bond donors (Lipinski definition) is 3. The van der Waals surface area contributed by atoms with Crippen LogP contribution in [0.25, 0.3) is 11.0 Å². The number of aromatic amines is 1. The summed E-state index contributed by atoms with van der Waals surface area (Å²) in [5.74, 6) is -0.720. The second-order valence-corrected chi connectivity index (χ2v) is 3.91. The molecule has 0 saturated carbocycles. The number of aliphatic carboxylic acids is 1. The lowest BCUT2D eigenvalue weighted by Gasteiger charge is -1.99. The summed E-state index contributed by atoms with van der Waals surface area (Å²) < 4.78 is 0. The normalized spacial score (nSPS) is 18.7. The van der Waals surface area contributed by atoms with Gasteiger partial charge in [-0.2, -0.15) is 0 Å². The molecule has 1 aliphatic rings. The average Bonchev–Trinajstić information content (AvgIpc) is 3.01. The molecule has 3 rings (SSSR count). The van der Waals surface area contributed by atoms with Crippen LogP contribution >= 0.6 is 0 Å². The highest BCUT2D eigenvalue weighted by atomic mass is 16.4. The van der Waals surface area contributed by atoms with Gasteiger partial charge >= 0.3 is 5.97 Å². The van der Waals surface area contributed by atoms with Gasteiger partial charge in [0.1, 0.15) is 6.04 Å². The van der Waals surface area contributed by atoms with E-state index in [9.17, 15) is 4.79 Å². The fraction of sp³-hybridized carbons (Fsp3) is 0.333. The van der Waals surface area contributed by atoms with Crippen LogP contribution in [0.4, 0.5) is 0 Å². The molecule has 1 saturated heterocycles. The van der Waals surface area contributed by atoms with Gasteiger partial charge in [0.15, 0.2) is 0 Å². The van der Waals surface area contributed by atoms with E-state index in [4.69, 9.17) is 5.11 Å². The van der Waals surface area contributed by atoms with E-state index in [0.717, 1.165) is 30.4 Å². The highest BCUT2D eigenvalue weighted by molar-refractivity contribution is 5.74. The molecule has 2 heterocycles. The third kappa shape index (κ3) is 3.04. The minimum absolute atomic E-state index is 0.269. The summed E-state index contributed by atoms with van der Waals surface area (Å²) in [5.41, 5.74) is 2.12. The third-order valence-electron chi connectivity index (χ3n) is 2.69. The van der Waals surface area contributed by atoms with Crippen molar-refractivity contribution >= 4 is 17.0 Å². The van der Waals surface area contributed by atoms with E-state index >= 15 is 0 Å². The number of nitrogens with one attached hydrogen (secondary N) is 2. The maximum Gasteiger partial charge on any atom is 0.320 e. The van der Waals surface area contributed by atoms with Gasteiger partial charge in [-0.25, -0.2) is 4.98 Å². The molecule has 0 aliphatic carbocycles. The van der Waals surface area contributed by atoms with E-state index in [2.05, 4.69) is 15.3 Å². The van der Waals surface area contributed by atoms with Crippen molar-refractivity contribution < 1.29 is 9.90 Å². The van der Waals surface area contributed by atoms with Gasteiger partial charge in [0.2, 0.25) is 0 Å². The number of imidazole rings is 1. The molecule has 2 aromatic rings. The number of rotatable bonds is 1. The number of carbonyl (C=O) groups is 1. The zero-order valence-corrected chi connectivity index (χ0v) is 9.39. The van der Waals surface area contributed by atoms with Crippen molar-refractivity contribution in [2.75, 3.05) is 6.54 Å². The summed E-state index contributed by atoms with van der Waals surface area (Å²) in [6.07, 6.45) is 3.48. The fourth-order valence-corrected chi connectivity index (χ4v) is 1.77. The minimum Gasteiger partial charge on any atom is -0.480 e. The molecular formula is C12H15N3O2. The van der Waals surface area contributed by atoms with Crippen molar-refractivity contribution in [2.24, 2.45) is 0 Å². The number of carboxylic acid groups (broad SMARTS) is 1. The SMILES string of the molecule is O=C(O)C1CCCN1.c1ccc2[nH]cnc2c1. The fourth-order valence-electron chi connectivity index (χ4n) is 1.77. The third-order valence-corrected chi connectivity index (χ3v) is 2.69. The molecule has 0 amide bonds. The summed E-state index contributed by atoms with van der Waals surface area (Å²) in [5, 5.41) is 11.2. The van der Waals surface area contributed by atoms with Crippen LogP contribution < -0.4 is 5.32 Å². The first-order valence-corrected chi connectivity index (χ1v) is 5.61. The van der Waals surface area contributed by atoms with Crippen molar-refractivity contribution in [3.63, 3.8) is 0 Å². The minimum atomic E-state index is -0.720. The van der Waals surface area contributed by atoms with Crippen LogP contribution in [0.1, 0.15) is 12.8 Å². The maximum absolute atomic E-state index is 10.1. The van der Waals surface area contributed by atoms with Gasteiger partial charge in [0.05, 0.1) is 17.4 Å². The Balaban J connectivity index is 0.000000128. The molecule has 1 aromatic heterocycles. The van der Waals surface area contributed by atoms with E-state index < -0.39 is 5.97 Å². The van der Waals surface area contributed by atoms with Gasteiger partial charge in [0.25, 0.3) is 0 Å². The molecule has 0 bridgehead atoms. The quantitative estimate of drug-likeness (QED) is 0.695. The lowest BCUT2D eigenvalue weighted by atomic mass is 10.2. The standard InChI is InChI=1S/C7H6N2.C5H9NO2/c1-2-4-7-6(3-1)8-5-9-7;7-5(8)4-2-1-3-6-4/h1-5H,(H,8,9);4,6H,1-3H2,(H,7,8). The maximum atomic E-state index is 10.1. The number of H-pyrrole nitrogens is 1. The van der Waals surface area contributed by atoms with Crippen LogP contribution in [-0.4, -0.2) is 33.6 Å². The first kappa shape index (κ1) is 11.6. The lowest BCUT2D eigenvalue weighted by molar-refractivity contribution is -0.139. The molecule has 5 nitrogen and oxygen atoms in total. The molecule has 3 N–H and O–H groups in total. The van der Waals surface area contributed by atoms with Crippen molar-refractivity contribution in [2.45, 2.75) is 18.9 Å². The van der Waals surface area contributed by atoms with Crippen molar-refractivity contribution in [3.05, 3.63) is 30.6 Å². The number of carboxylic acids is 1. The lowest BCUT2D eigenvalue weighted by Crippen LogP contribution is -2.29.